The number of aryl methyl sites for hydroxylation is 1. The number of carbonyl (C=O) groups is 2. The zero-order chi connectivity index (χ0) is 22.8. The molecule has 33 heavy (non-hydrogen) atoms. The predicted molar refractivity (Wildman–Crippen MR) is 129 cm³/mol. The first-order chi connectivity index (χ1) is 16.1. The van der Waals surface area contributed by atoms with Gasteiger partial charge in [-0.25, -0.2) is 9.98 Å². The number of aromatic nitrogens is 1. The highest BCUT2D eigenvalue weighted by molar-refractivity contribution is 6.15. The molecule has 0 radical (unpaired) electrons. The molecular formula is C26H23N5O2. The monoisotopic (exact) mass is 437 g/mol. The zero-order valence-electron chi connectivity index (χ0n) is 18.3. The summed E-state index contributed by atoms with van der Waals surface area (Å²) in [6, 6.07) is 16.9. The van der Waals surface area contributed by atoms with Gasteiger partial charge in [-0.2, -0.15) is 0 Å². The van der Waals surface area contributed by atoms with E-state index < -0.39 is 0 Å². The Balaban J connectivity index is 1.28. The number of hydrogen-bond donors (Lipinski definition) is 1. The molecule has 2 aliphatic rings. The second-order valence-electron chi connectivity index (χ2n) is 8.02. The second kappa shape index (κ2) is 8.78. The van der Waals surface area contributed by atoms with Crippen molar-refractivity contribution >= 4 is 34.4 Å². The van der Waals surface area contributed by atoms with Gasteiger partial charge < -0.3 is 4.90 Å². The van der Waals surface area contributed by atoms with E-state index in [2.05, 4.69) is 27.2 Å². The van der Waals surface area contributed by atoms with Crippen molar-refractivity contribution < 1.29 is 9.59 Å². The zero-order valence-corrected chi connectivity index (χ0v) is 18.3. The molecule has 0 saturated carbocycles. The molecule has 0 fully saturated rings. The highest BCUT2D eigenvalue weighted by Gasteiger charge is 2.25. The molecule has 0 spiro atoms. The van der Waals surface area contributed by atoms with Crippen LogP contribution in [0.3, 0.4) is 0 Å². The van der Waals surface area contributed by atoms with E-state index in [4.69, 9.17) is 0 Å². The molecule has 0 unspecified atom stereocenters. The molecule has 3 heterocycles. The summed E-state index contributed by atoms with van der Waals surface area (Å²) in [5.74, 6) is 0.0195. The first-order valence-corrected chi connectivity index (χ1v) is 11.0. The van der Waals surface area contributed by atoms with Crippen molar-refractivity contribution in [3.8, 4) is 0 Å². The van der Waals surface area contributed by atoms with Gasteiger partial charge in [0.05, 0.1) is 17.8 Å². The summed E-state index contributed by atoms with van der Waals surface area (Å²) in [6.45, 7) is 2.96. The number of benzene rings is 2. The van der Waals surface area contributed by atoms with Crippen LogP contribution in [0.2, 0.25) is 0 Å². The molecule has 1 aromatic heterocycles. The summed E-state index contributed by atoms with van der Waals surface area (Å²) >= 11 is 0. The molecule has 3 aromatic rings. The maximum absolute atomic E-state index is 13.1. The van der Waals surface area contributed by atoms with E-state index in [-0.39, 0.29) is 11.8 Å². The van der Waals surface area contributed by atoms with Crippen molar-refractivity contribution in [1.82, 2.24) is 15.2 Å². The summed E-state index contributed by atoms with van der Waals surface area (Å²) in [6.07, 6.45) is 5.09. The molecule has 0 bridgehead atoms. The first kappa shape index (κ1) is 20.8. The van der Waals surface area contributed by atoms with E-state index in [1.54, 1.807) is 17.2 Å². The first-order valence-electron chi connectivity index (χ1n) is 11.0. The number of guanidine groups is 1. The van der Waals surface area contributed by atoms with E-state index in [9.17, 15) is 9.59 Å². The lowest BCUT2D eigenvalue weighted by molar-refractivity contribution is 0.0822. The lowest BCUT2D eigenvalue weighted by atomic mass is 10.0. The number of amides is 2. The summed E-state index contributed by atoms with van der Waals surface area (Å²) in [5, 5.41) is 3.73. The van der Waals surface area contributed by atoms with Gasteiger partial charge in [0, 0.05) is 47.4 Å². The van der Waals surface area contributed by atoms with Gasteiger partial charge in [0.2, 0.25) is 5.96 Å². The van der Waals surface area contributed by atoms with Crippen LogP contribution in [-0.4, -0.2) is 46.5 Å². The van der Waals surface area contributed by atoms with Gasteiger partial charge in [0.15, 0.2) is 0 Å². The Morgan fingerprint density at radius 3 is 2.70 bits per heavy atom. The Morgan fingerprint density at radius 1 is 1.06 bits per heavy atom. The second-order valence-corrected chi connectivity index (χ2v) is 8.02. The van der Waals surface area contributed by atoms with Gasteiger partial charge in [-0.3, -0.25) is 19.9 Å². The smallest absolute Gasteiger partial charge is 0.258 e. The van der Waals surface area contributed by atoms with E-state index in [0.29, 0.717) is 36.6 Å². The highest BCUT2D eigenvalue weighted by atomic mass is 16.2. The normalized spacial score (nSPS) is 15.3. The SMILES string of the molecule is CCc1ccc(C(=O)NC2=NCC3=CN(C(=O)c4ccc5ncccc5c4)CCC3=N2)cc1. The lowest BCUT2D eigenvalue weighted by Crippen LogP contribution is -2.37. The number of carbonyl (C=O) groups excluding carboxylic acids is 2. The van der Waals surface area contributed by atoms with Gasteiger partial charge in [0.25, 0.3) is 11.8 Å². The Morgan fingerprint density at radius 2 is 1.88 bits per heavy atom. The molecule has 2 aromatic carbocycles. The topological polar surface area (TPSA) is 87.0 Å². The number of aliphatic imine (C=N–C) groups is 2. The lowest BCUT2D eigenvalue weighted by Gasteiger charge is -2.27. The number of fused-ring (bicyclic) bond motifs is 2. The highest BCUT2D eigenvalue weighted by Crippen LogP contribution is 2.21. The van der Waals surface area contributed by atoms with Crippen LogP contribution in [0.4, 0.5) is 0 Å². The largest absolute Gasteiger partial charge is 0.314 e. The third kappa shape index (κ3) is 4.30. The molecule has 164 valence electrons. The van der Waals surface area contributed by atoms with Crippen LogP contribution >= 0.6 is 0 Å². The maximum Gasteiger partial charge on any atom is 0.258 e. The van der Waals surface area contributed by atoms with E-state index >= 15 is 0 Å². The van der Waals surface area contributed by atoms with Crippen LogP contribution < -0.4 is 5.32 Å². The van der Waals surface area contributed by atoms with Crippen LogP contribution in [0, 0.1) is 0 Å². The quantitative estimate of drug-likeness (QED) is 0.677. The Bertz CT molecular complexity index is 1340. The summed E-state index contributed by atoms with van der Waals surface area (Å²) < 4.78 is 0. The van der Waals surface area contributed by atoms with Gasteiger partial charge in [-0.1, -0.05) is 25.1 Å². The molecule has 2 aliphatic heterocycles. The summed E-state index contributed by atoms with van der Waals surface area (Å²) in [7, 11) is 0. The van der Waals surface area contributed by atoms with Crippen molar-refractivity contribution in [3.63, 3.8) is 0 Å². The number of rotatable bonds is 3. The van der Waals surface area contributed by atoms with Crippen molar-refractivity contribution in [2.24, 2.45) is 9.98 Å². The minimum absolute atomic E-state index is 0.0640. The van der Waals surface area contributed by atoms with Crippen molar-refractivity contribution in [1.29, 1.82) is 0 Å². The van der Waals surface area contributed by atoms with Crippen molar-refractivity contribution in [3.05, 3.63) is 89.3 Å². The fraction of sp³-hybridized carbons (Fsp3) is 0.192. The summed E-state index contributed by atoms with van der Waals surface area (Å²) in [4.78, 5) is 40.5. The van der Waals surface area contributed by atoms with Crippen molar-refractivity contribution in [2.75, 3.05) is 13.1 Å². The van der Waals surface area contributed by atoms with E-state index in [0.717, 1.165) is 28.6 Å². The number of pyridine rings is 1. The molecule has 0 aliphatic carbocycles. The fourth-order valence-corrected chi connectivity index (χ4v) is 3.96. The van der Waals surface area contributed by atoms with Crippen LogP contribution in [0.5, 0.6) is 0 Å². The molecule has 1 N–H and O–H groups in total. The van der Waals surface area contributed by atoms with Gasteiger partial charge >= 0.3 is 0 Å². The van der Waals surface area contributed by atoms with Gasteiger partial charge in [-0.05, 0) is 48.4 Å². The number of nitrogens with one attached hydrogen (secondary N) is 1. The van der Waals surface area contributed by atoms with Crippen LogP contribution in [-0.2, 0) is 6.42 Å². The molecule has 0 saturated heterocycles. The molecule has 7 heteroatoms. The van der Waals surface area contributed by atoms with Crippen molar-refractivity contribution in [2.45, 2.75) is 19.8 Å². The third-order valence-electron chi connectivity index (χ3n) is 5.87. The molecule has 2 amide bonds. The van der Waals surface area contributed by atoms with Gasteiger partial charge in [-0.15, -0.1) is 0 Å². The minimum atomic E-state index is -0.230. The van der Waals surface area contributed by atoms with Crippen LogP contribution in [0.25, 0.3) is 10.9 Å². The number of hydrogen-bond acceptors (Lipinski definition) is 5. The standard InChI is InChI=1S/C26H23N5O2/c1-2-17-5-7-18(8-6-17)24(32)30-26-28-15-21-16-31(13-11-23(21)29-26)25(33)20-9-10-22-19(14-20)4-3-12-27-22/h3-10,12,14,16H,2,11,13,15H2,1H3,(H,28,30,32). The van der Waals surface area contributed by atoms with Crippen LogP contribution in [0.15, 0.2) is 82.6 Å². The Hall–Kier alpha value is -4.13. The summed E-state index contributed by atoms with van der Waals surface area (Å²) in [5.41, 5.74) is 4.98. The Labute approximate surface area is 191 Å². The third-order valence-corrected chi connectivity index (χ3v) is 5.87. The minimum Gasteiger partial charge on any atom is -0.314 e. The molecule has 0 atom stereocenters. The molecule has 7 nitrogen and oxygen atoms in total. The van der Waals surface area contributed by atoms with E-state index in [1.165, 1.54) is 5.56 Å². The predicted octanol–water partition coefficient (Wildman–Crippen LogP) is 3.77. The molecule has 5 rings (SSSR count). The fourth-order valence-electron chi connectivity index (χ4n) is 3.96. The Kier molecular flexibility index (Phi) is 5.52. The van der Waals surface area contributed by atoms with E-state index in [1.807, 2.05) is 54.7 Å². The van der Waals surface area contributed by atoms with Gasteiger partial charge in [0.1, 0.15) is 0 Å². The average Bonchev–Trinajstić information content (AvgIpc) is 2.87. The number of nitrogens with zero attached hydrogens (tertiary/aromatic N) is 4. The van der Waals surface area contributed by atoms with Crippen LogP contribution in [0.1, 0.15) is 39.6 Å². The maximum atomic E-state index is 13.1. The average molecular weight is 438 g/mol. The molecular weight excluding hydrogens is 414 g/mol.